The van der Waals surface area contributed by atoms with Gasteiger partial charge in [0.1, 0.15) is 5.69 Å². The molecule has 1 saturated heterocycles. The third-order valence-electron chi connectivity index (χ3n) is 6.14. The van der Waals surface area contributed by atoms with Crippen molar-refractivity contribution in [3.63, 3.8) is 0 Å². The molecule has 0 aromatic carbocycles. The average Bonchev–Trinajstić information content (AvgIpc) is 3.30. The summed E-state index contributed by atoms with van der Waals surface area (Å²) in [6.45, 7) is 5.48. The molecule has 0 radical (unpaired) electrons. The number of halogens is 3. The molecule has 0 spiro atoms. The van der Waals surface area contributed by atoms with E-state index in [9.17, 15) is 18.0 Å². The molecule has 1 aliphatic heterocycles. The van der Waals surface area contributed by atoms with Crippen LogP contribution in [0.15, 0.2) is 18.3 Å². The van der Waals surface area contributed by atoms with Crippen LogP contribution in [0.4, 0.5) is 13.2 Å². The maximum absolute atomic E-state index is 12.8. The molecule has 1 amide bonds. The van der Waals surface area contributed by atoms with Crippen LogP contribution in [0.3, 0.4) is 0 Å². The molecule has 1 aromatic rings. The van der Waals surface area contributed by atoms with Gasteiger partial charge in [-0.2, -0.15) is 13.2 Å². The lowest BCUT2D eigenvalue weighted by molar-refractivity contribution is -0.192. The molecule has 30 heavy (non-hydrogen) atoms. The molecule has 2 aliphatic carbocycles. The number of carboxylic acids is 1. The Balaban J connectivity index is 0.000000318. The molecule has 3 aliphatic rings. The summed E-state index contributed by atoms with van der Waals surface area (Å²) in [7, 11) is 0. The fourth-order valence-electron chi connectivity index (χ4n) is 4.33. The van der Waals surface area contributed by atoms with Crippen LogP contribution in [0.1, 0.15) is 48.2 Å². The molecule has 0 unspecified atom stereocenters. The van der Waals surface area contributed by atoms with Crippen LogP contribution >= 0.6 is 0 Å². The summed E-state index contributed by atoms with van der Waals surface area (Å²) in [6.07, 6.45) is 3.03. The van der Waals surface area contributed by atoms with Gasteiger partial charge in [-0.15, -0.1) is 0 Å². The van der Waals surface area contributed by atoms with Crippen LogP contribution < -0.4 is 0 Å². The minimum Gasteiger partial charge on any atom is -0.475 e. The molecule has 6 nitrogen and oxygen atoms in total. The molecule has 166 valence electrons. The Kier molecular flexibility index (Phi) is 6.69. The summed E-state index contributed by atoms with van der Waals surface area (Å²) >= 11 is 0. The lowest BCUT2D eigenvalue weighted by Gasteiger charge is -2.28. The summed E-state index contributed by atoms with van der Waals surface area (Å²) in [5.41, 5.74) is 1.87. The van der Waals surface area contributed by atoms with Crippen LogP contribution in [-0.2, 0) is 9.53 Å². The third kappa shape index (κ3) is 5.50. The molecular formula is C21H27F3N2O4. The third-order valence-corrected chi connectivity index (χ3v) is 6.14. The van der Waals surface area contributed by atoms with Gasteiger partial charge >= 0.3 is 12.1 Å². The molecule has 9 heteroatoms. The van der Waals surface area contributed by atoms with Crippen molar-refractivity contribution in [2.45, 2.75) is 45.2 Å². The number of alkyl halides is 3. The highest BCUT2D eigenvalue weighted by Crippen LogP contribution is 2.49. The fraction of sp³-hybridized carbons (Fsp3) is 0.667. The van der Waals surface area contributed by atoms with Crippen molar-refractivity contribution in [2.24, 2.45) is 17.3 Å². The van der Waals surface area contributed by atoms with Gasteiger partial charge in [0, 0.05) is 31.3 Å². The molecule has 0 bridgehead atoms. The number of fused-ring (bicyclic) bond motifs is 1. The quantitative estimate of drug-likeness (QED) is 0.774. The van der Waals surface area contributed by atoms with Gasteiger partial charge in [-0.25, -0.2) is 4.79 Å². The number of aromatic nitrogens is 1. The molecule has 3 fully saturated rings. The van der Waals surface area contributed by atoms with E-state index in [1.54, 1.807) is 6.20 Å². The van der Waals surface area contributed by atoms with Crippen LogP contribution in [-0.4, -0.2) is 59.3 Å². The van der Waals surface area contributed by atoms with E-state index >= 15 is 0 Å². The summed E-state index contributed by atoms with van der Waals surface area (Å²) in [5.74, 6) is -1.26. The monoisotopic (exact) mass is 428 g/mol. The maximum Gasteiger partial charge on any atom is 0.490 e. The number of ether oxygens (including phenoxy) is 1. The number of aliphatic carboxylic acids is 1. The first-order valence-electron chi connectivity index (χ1n) is 10.2. The molecule has 1 N–H and O–H groups in total. The number of aryl methyl sites for hydroxylation is 1. The van der Waals surface area contributed by atoms with Gasteiger partial charge in [-0.3, -0.25) is 9.78 Å². The van der Waals surface area contributed by atoms with E-state index in [0.29, 0.717) is 11.6 Å². The van der Waals surface area contributed by atoms with Crippen molar-refractivity contribution in [3.8, 4) is 0 Å². The van der Waals surface area contributed by atoms with Gasteiger partial charge in [-0.1, -0.05) is 6.42 Å². The average molecular weight is 428 g/mol. The van der Waals surface area contributed by atoms with E-state index in [1.807, 2.05) is 24.0 Å². The van der Waals surface area contributed by atoms with Crippen molar-refractivity contribution in [2.75, 3.05) is 26.3 Å². The maximum atomic E-state index is 12.8. The smallest absolute Gasteiger partial charge is 0.475 e. The lowest BCUT2D eigenvalue weighted by Crippen LogP contribution is -2.35. The Morgan fingerprint density at radius 2 is 2.03 bits per heavy atom. The zero-order chi connectivity index (χ0) is 21.9. The van der Waals surface area contributed by atoms with Crippen molar-refractivity contribution in [1.82, 2.24) is 9.88 Å². The van der Waals surface area contributed by atoms with Gasteiger partial charge < -0.3 is 14.7 Å². The Bertz CT molecular complexity index is 782. The zero-order valence-electron chi connectivity index (χ0n) is 17.0. The second-order valence-electron chi connectivity index (χ2n) is 8.62. The highest BCUT2D eigenvalue weighted by Gasteiger charge is 2.51. The molecular weight excluding hydrogens is 401 g/mol. The van der Waals surface area contributed by atoms with Crippen molar-refractivity contribution >= 4 is 11.9 Å². The van der Waals surface area contributed by atoms with Gasteiger partial charge in [0.25, 0.3) is 5.91 Å². The van der Waals surface area contributed by atoms with Crippen molar-refractivity contribution in [3.05, 3.63) is 29.6 Å². The van der Waals surface area contributed by atoms with E-state index in [2.05, 4.69) is 4.98 Å². The van der Waals surface area contributed by atoms with E-state index in [4.69, 9.17) is 14.6 Å². The number of carboxylic acid groups (broad SMARTS) is 1. The molecule has 2 saturated carbocycles. The summed E-state index contributed by atoms with van der Waals surface area (Å²) in [5, 5.41) is 7.12. The van der Waals surface area contributed by atoms with E-state index in [-0.39, 0.29) is 11.3 Å². The first-order valence-corrected chi connectivity index (χ1v) is 10.2. The number of amides is 1. The highest BCUT2D eigenvalue weighted by molar-refractivity contribution is 5.92. The SMILES string of the molecule is Cc1ccnc(C(=O)N2C[C@H]3CCC[C@@]3(COCC3CC3)C2)c1.O=C(O)C(F)(F)F. The first-order chi connectivity index (χ1) is 14.1. The zero-order valence-corrected chi connectivity index (χ0v) is 17.0. The van der Waals surface area contributed by atoms with Gasteiger partial charge in [0.2, 0.25) is 0 Å². The Morgan fingerprint density at radius 1 is 1.33 bits per heavy atom. The number of hydrogen-bond acceptors (Lipinski definition) is 4. The predicted octanol–water partition coefficient (Wildman–Crippen LogP) is 3.69. The van der Waals surface area contributed by atoms with E-state index in [1.165, 1.54) is 32.1 Å². The minimum absolute atomic E-state index is 0.0877. The second-order valence-corrected chi connectivity index (χ2v) is 8.62. The Labute approximate surface area is 173 Å². The number of hydrogen-bond donors (Lipinski definition) is 1. The normalized spacial score (nSPS) is 25.5. The van der Waals surface area contributed by atoms with E-state index < -0.39 is 12.1 Å². The fourth-order valence-corrected chi connectivity index (χ4v) is 4.33. The summed E-state index contributed by atoms with van der Waals surface area (Å²) in [4.78, 5) is 28.0. The van der Waals surface area contributed by atoms with Crippen LogP contribution in [0, 0.1) is 24.2 Å². The van der Waals surface area contributed by atoms with Crippen LogP contribution in [0.25, 0.3) is 0 Å². The standard InChI is InChI=1S/C19H26N2O2.C2HF3O2/c1-14-6-8-20-17(9-14)18(22)21-10-16-3-2-7-19(16,12-21)13-23-11-15-4-5-15;3-2(4,5)1(6)7/h6,8-9,15-16H,2-5,7,10-13H2,1H3;(H,6,7)/t16-,19+;/m1./s1. The number of likely N-dealkylation sites (tertiary alicyclic amines) is 1. The van der Waals surface area contributed by atoms with Gasteiger partial charge in [0.05, 0.1) is 6.61 Å². The molecule has 4 rings (SSSR count). The Hall–Kier alpha value is -2.16. The number of carbonyl (C=O) groups excluding carboxylic acids is 1. The topological polar surface area (TPSA) is 79.7 Å². The predicted molar refractivity (Wildman–Crippen MR) is 102 cm³/mol. The van der Waals surface area contributed by atoms with Crippen LogP contribution in [0.2, 0.25) is 0 Å². The highest BCUT2D eigenvalue weighted by atomic mass is 19.4. The first kappa shape index (κ1) is 22.5. The Morgan fingerprint density at radius 3 is 2.63 bits per heavy atom. The molecule has 2 heterocycles. The van der Waals surface area contributed by atoms with Gasteiger partial charge in [-0.05, 0) is 62.1 Å². The van der Waals surface area contributed by atoms with Crippen molar-refractivity contribution < 1.29 is 32.6 Å². The van der Waals surface area contributed by atoms with Crippen molar-refractivity contribution in [1.29, 1.82) is 0 Å². The van der Waals surface area contributed by atoms with Gasteiger partial charge in [0.15, 0.2) is 0 Å². The number of pyridine rings is 1. The molecule has 2 atom stereocenters. The minimum atomic E-state index is -5.08. The largest absolute Gasteiger partial charge is 0.490 e. The summed E-state index contributed by atoms with van der Waals surface area (Å²) in [6, 6.07) is 3.83. The number of carbonyl (C=O) groups is 2. The van der Waals surface area contributed by atoms with E-state index in [0.717, 1.165) is 37.8 Å². The number of nitrogens with zero attached hydrogens (tertiary/aromatic N) is 2. The lowest BCUT2D eigenvalue weighted by atomic mass is 9.81. The summed E-state index contributed by atoms with van der Waals surface area (Å²) < 4.78 is 37.8. The number of rotatable bonds is 5. The second kappa shape index (κ2) is 8.91. The molecule has 1 aromatic heterocycles. The van der Waals surface area contributed by atoms with Crippen LogP contribution in [0.5, 0.6) is 0 Å².